The molecule has 6 nitrogen and oxygen atoms in total. The van der Waals surface area contributed by atoms with Crippen molar-refractivity contribution in [3.63, 3.8) is 0 Å². The third-order valence-electron chi connectivity index (χ3n) is 8.56. The molecule has 1 aliphatic rings. The normalized spacial score (nSPS) is 20.3. The number of carbonyl (C=O) groups is 1. The first-order valence-corrected chi connectivity index (χ1v) is 17.1. The maximum absolute atomic E-state index is 11.0. The summed E-state index contributed by atoms with van der Waals surface area (Å²) in [6.45, 7) is 4.29. The number of benzene rings is 3. The van der Waals surface area contributed by atoms with Crippen LogP contribution in [0.3, 0.4) is 0 Å². The Morgan fingerprint density at radius 2 is 1.35 bits per heavy atom. The number of allylic oxidation sites excluding steroid dienone is 1. The van der Waals surface area contributed by atoms with Crippen LogP contribution in [0.2, 0.25) is 0 Å². The fourth-order valence-electron chi connectivity index (χ4n) is 5.96. The summed E-state index contributed by atoms with van der Waals surface area (Å²) in [5.41, 5.74) is 3.42. The summed E-state index contributed by atoms with van der Waals surface area (Å²) >= 11 is 0. The van der Waals surface area contributed by atoms with E-state index >= 15 is 0 Å². The molecule has 248 valence electrons. The first kappa shape index (κ1) is 35.6. The number of ether oxygens (including phenoxy) is 4. The van der Waals surface area contributed by atoms with Crippen molar-refractivity contribution in [2.24, 2.45) is 5.92 Å². The van der Waals surface area contributed by atoms with E-state index in [1.807, 2.05) is 54.6 Å². The van der Waals surface area contributed by atoms with Crippen LogP contribution in [0.4, 0.5) is 0 Å². The van der Waals surface area contributed by atoms with Gasteiger partial charge in [-0.1, -0.05) is 129 Å². The predicted octanol–water partition coefficient (Wildman–Crippen LogP) is 8.93. The standard InChI is InChI=1S/C40H52O6/c1-2-3-9-24-35(43-28-32-18-10-6-11-19-32)31-46-40-36(25-16-4-5-17-26-39(41)42)37(44-29-33-20-12-7-13-21-33)27-38(40)45-30-34-22-14-8-15-23-34/h6-8,10-16,18-23,25,35-38,40H,2-5,9,17,24,26-31H2,1H3,(H,41,42)/b25-16+/t35-,36?,37?,38?,40?/m1/s1. The van der Waals surface area contributed by atoms with Gasteiger partial charge in [-0.3, -0.25) is 4.79 Å². The molecule has 6 heteroatoms. The number of aliphatic carboxylic acids is 1. The third kappa shape index (κ3) is 12.8. The van der Waals surface area contributed by atoms with E-state index in [1.165, 1.54) is 6.42 Å². The van der Waals surface area contributed by atoms with Crippen LogP contribution < -0.4 is 0 Å². The summed E-state index contributed by atoms with van der Waals surface area (Å²) in [5, 5.41) is 9.03. The molecule has 46 heavy (non-hydrogen) atoms. The summed E-state index contributed by atoms with van der Waals surface area (Å²) in [7, 11) is 0. The van der Waals surface area contributed by atoms with Crippen molar-refractivity contribution >= 4 is 5.97 Å². The molecule has 0 spiro atoms. The first-order valence-electron chi connectivity index (χ1n) is 17.1. The fourth-order valence-corrected chi connectivity index (χ4v) is 5.96. The van der Waals surface area contributed by atoms with E-state index in [2.05, 4.69) is 55.5 Å². The molecule has 0 radical (unpaired) electrons. The number of unbranched alkanes of at least 4 members (excludes halogenated alkanes) is 4. The van der Waals surface area contributed by atoms with Gasteiger partial charge < -0.3 is 24.1 Å². The Bertz CT molecular complexity index is 1250. The Balaban J connectivity index is 1.49. The number of hydrogen-bond acceptors (Lipinski definition) is 5. The largest absolute Gasteiger partial charge is 0.481 e. The lowest BCUT2D eigenvalue weighted by atomic mass is 10.0. The average molecular weight is 629 g/mol. The van der Waals surface area contributed by atoms with Crippen molar-refractivity contribution in [1.82, 2.24) is 0 Å². The van der Waals surface area contributed by atoms with Crippen LogP contribution in [0.15, 0.2) is 103 Å². The van der Waals surface area contributed by atoms with Crippen LogP contribution in [-0.2, 0) is 43.6 Å². The molecule has 0 aromatic heterocycles. The van der Waals surface area contributed by atoms with Crippen molar-refractivity contribution < 1.29 is 28.8 Å². The first-order chi connectivity index (χ1) is 22.6. The summed E-state index contributed by atoms with van der Waals surface area (Å²) in [6.07, 6.45) is 11.6. The molecule has 4 unspecified atom stereocenters. The second-order valence-electron chi connectivity index (χ2n) is 12.3. The lowest BCUT2D eigenvalue weighted by molar-refractivity contribution is -0.137. The van der Waals surface area contributed by atoms with E-state index in [0.717, 1.165) is 55.2 Å². The molecule has 1 N–H and O–H groups in total. The van der Waals surface area contributed by atoms with Crippen LogP contribution >= 0.6 is 0 Å². The van der Waals surface area contributed by atoms with Crippen LogP contribution in [0.25, 0.3) is 0 Å². The summed E-state index contributed by atoms with van der Waals surface area (Å²) in [6, 6.07) is 30.8. The highest BCUT2D eigenvalue weighted by atomic mass is 16.6. The topological polar surface area (TPSA) is 74.2 Å². The lowest BCUT2D eigenvalue weighted by Gasteiger charge is -2.28. The Hall–Kier alpha value is -3.29. The second-order valence-corrected chi connectivity index (χ2v) is 12.3. The smallest absolute Gasteiger partial charge is 0.303 e. The zero-order valence-electron chi connectivity index (χ0n) is 27.4. The lowest BCUT2D eigenvalue weighted by Crippen LogP contribution is -2.35. The minimum absolute atomic E-state index is 0.00521. The number of rotatable bonds is 22. The molecular weight excluding hydrogens is 576 g/mol. The fraction of sp³-hybridized carbons (Fsp3) is 0.475. The van der Waals surface area contributed by atoms with Crippen molar-refractivity contribution in [1.29, 1.82) is 0 Å². The van der Waals surface area contributed by atoms with Gasteiger partial charge in [0.1, 0.15) is 0 Å². The van der Waals surface area contributed by atoms with Gasteiger partial charge in [0.2, 0.25) is 0 Å². The molecule has 1 saturated carbocycles. The van der Waals surface area contributed by atoms with Gasteiger partial charge in [0, 0.05) is 18.8 Å². The van der Waals surface area contributed by atoms with Gasteiger partial charge in [0.25, 0.3) is 0 Å². The minimum Gasteiger partial charge on any atom is -0.481 e. The van der Waals surface area contributed by atoms with E-state index < -0.39 is 5.97 Å². The summed E-state index contributed by atoms with van der Waals surface area (Å²) in [5.74, 6) is -0.752. The van der Waals surface area contributed by atoms with Crippen LogP contribution in [0.5, 0.6) is 0 Å². The van der Waals surface area contributed by atoms with Crippen LogP contribution in [-0.4, -0.2) is 42.1 Å². The molecule has 1 aliphatic carbocycles. The van der Waals surface area contributed by atoms with Gasteiger partial charge in [-0.15, -0.1) is 0 Å². The van der Waals surface area contributed by atoms with E-state index in [-0.39, 0.29) is 36.8 Å². The van der Waals surface area contributed by atoms with Gasteiger partial charge in [0.05, 0.1) is 50.8 Å². The molecular formula is C40H52O6. The molecule has 3 aromatic carbocycles. The Morgan fingerprint density at radius 1 is 0.761 bits per heavy atom. The second kappa shape index (κ2) is 20.8. The van der Waals surface area contributed by atoms with E-state index in [0.29, 0.717) is 32.8 Å². The van der Waals surface area contributed by atoms with Crippen LogP contribution in [0.1, 0.15) is 81.4 Å². The molecule has 0 bridgehead atoms. The zero-order chi connectivity index (χ0) is 32.2. The van der Waals surface area contributed by atoms with Gasteiger partial charge in [0.15, 0.2) is 0 Å². The van der Waals surface area contributed by atoms with Crippen molar-refractivity contribution in [2.75, 3.05) is 6.61 Å². The molecule has 1 fully saturated rings. The monoisotopic (exact) mass is 628 g/mol. The van der Waals surface area contributed by atoms with Crippen LogP contribution in [0, 0.1) is 5.92 Å². The highest BCUT2D eigenvalue weighted by molar-refractivity contribution is 5.66. The Kier molecular flexibility index (Phi) is 16.0. The van der Waals surface area contributed by atoms with Gasteiger partial charge in [-0.25, -0.2) is 0 Å². The minimum atomic E-state index is -0.746. The molecule has 0 aliphatic heterocycles. The molecule has 0 heterocycles. The van der Waals surface area contributed by atoms with Crippen molar-refractivity contribution in [3.8, 4) is 0 Å². The van der Waals surface area contributed by atoms with Crippen molar-refractivity contribution in [2.45, 2.75) is 109 Å². The Labute approximate surface area is 275 Å². The quantitative estimate of drug-likeness (QED) is 0.0885. The van der Waals surface area contributed by atoms with Gasteiger partial charge in [-0.05, 0) is 42.4 Å². The maximum atomic E-state index is 11.0. The highest BCUT2D eigenvalue weighted by Gasteiger charge is 2.44. The SMILES string of the molecule is CCCCC[C@H](COC1C(OCc2ccccc2)CC(OCc2ccccc2)C1/C=C/CCCCC(=O)O)OCc1ccccc1. The molecule has 4 rings (SSSR count). The number of carboxylic acid groups (broad SMARTS) is 1. The molecule has 0 amide bonds. The number of carboxylic acids is 1. The Morgan fingerprint density at radius 3 is 1.93 bits per heavy atom. The van der Waals surface area contributed by atoms with E-state index in [9.17, 15) is 4.79 Å². The third-order valence-corrected chi connectivity index (χ3v) is 8.56. The van der Waals surface area contributed by atoms with Gasteiger partial charge in [-0.2, -0.15) is 0 Å². The molecule has 5 atom stereocenters. The molecule has 3 aromatic rings. The van der Waals surface area contributed by atoms with Gasteiger partial charge >= 0.3 is 5.97 Å². The number of hydrogen-bond donors (Lipinski definition) is 1. The zero-order valence-corrected chi connectivity index (χ0v) is 27.4. The van der Waals surface area contributed by atoms with E-state index in [1.54, 1.807) is 0 Å². The maximum Gasteiger partial charge on any atom is 0.303 e. The summed E-state index contributed by atoms with van der Waals surface area (Å²) < 4.78 is 26.5. The predicted molar refractivity (Wildman–Crippen MR) is 182 cm³/mol. The average Bonchev–Trinajstić information content (AvgIpc) is 3.42. The van der Waals surface area contributed by atoms with E-state index in [4.69, 9.17) is 24.1 Å². The summed E-state index contributed by atoms with van der Waals surface area (Å²) in [4.78, 5) is 11.0. The highest BCUT2D eigenvalue weighted by Crippen LogP contribution is 2.36. The van der Waals surface area contributed by atoms with Crippen molar-refractivity contribution in [3.05, 3.63) is 120 Å². The molecule has 0 saturated heterocycles.